The van der Waals surface area contributed by atoms with E-state index in [2.05, 4.69) is 15.5 Å². The highest BCUT2D eigenvalue weighted by atomic mass is 35.5. The van der Waals surface area contributed by atoms with E-state index in [-0.39, 0.29) is 5.69 Å². The maximum Gasteiger partial charge on any atom is 0.237 e. The second-order valence-electron chi connectivity index (χ2n) is 6.66. The molecule has 0 aliphatic rings. The normalized spacial score (nSPS) is 12.0. The number of aromatic nitrogens is 3. The highest BCUT2D eigenvalue weighted by Gasteiger charge is 2.22. The molecule has 1 atom stereocenters. The first-order chi connectivity index (χ1) is 14.9. The Hall–Kier alpha value is -2.49. The first kappa shape index (κ1) is 23.2. The van der Waals surface area contributed by atoms with Crippen molar-refractivity contribution in [1.29, 1.82) is 0 Å². The zero-order chi connectivity index (χ0) is 22.4. The van der Waals surface area contributed by atoms with Gasteiger partial charge in [0.15, 0.2) is 11.0 Å². The summed E-state index contributed by atoms with van der Waals surface area (Å²) in [5.74, 6) is -1.26. The lowest BCUT2D eigenvalue weighted by molar-refractivity contribution is -0.115. The Bertz CT molecular complexity index is 1060. The van der Waals surface area contributed by atoms with E-state index >= 15 is 0 Å². The van der Waals surface area contributed by atoms with Gasteiger partial charge in [-0.05, 0) is 37.6 Å². The molecule has 2 aromatic carbocycles. The smallest absolute Gasteiger partial charge is 0.237 e. The number of rotatable bonds is 9. The number of ether oxygens (including phenoxy) is 1. The van der Waals surface area contributed by atoms with Crippen molar-refractivity contribution in [2.75, 3.05) is 19.0 Å². The van der Waals surface area contributed by atoms with E-state index in [0.29, 0.717) is 35.6 Å². The van der Waals surface area contributed by atoms with E-state index < -0.39 is 22.8 Å². The molecule has 1 amide bonds. The second-order valence-corrected chi connectivity index (χ2v) is 8.37. The number of amides is 1. The number of thioether (sulfide) groups is 1. The van der Waals surface area contributed by atoms with E-state index in [9.17, 15) is 13.6 Å². The van der Waals surface area contributed by atoms with Gasteiger partial charge in [0.25, 0.3) is 0 Å². The van der Waals surface area contributed by atoms with Gasteiger partial charge in [0.05, 0.1) is 16.0 Å². The lowest BCUT2D eigenvalue weighted by Gasteiger charge is -2.14. The van der Waals surface area contributed by atoms with E-state index in [1.807, 2.05) is 22.8 Å². The van der Waals surface area contributed by atoms with Crippen molar-refractivity contribution < 1.29 is 18.3 Å². The molecule has 0 spiro atoms. The molecule has 10 heteroatoms. The SMILES string of the molecule is COCCCn1c(SC(C)C(=O)Nc2cc(F)ccc2F)nnc1-c1ccccc1Cl. The molecule has 1 N–H and O–H groups in total. The second kappa shape index (κ2) is 10.7. The van der Waals surface area contributed by atoms with Crippen LogP contribution >= 0.6 is 23.4 Å². The zero-order valence-electron chi connectivity index (χ0n) is 16.9. The fourth-order valence-corrected chi connectivity index (χ4v) is 3.92. The summed E-state index contributed by atoms with van der Waals surface area (Å²) in [7, 11) is 1.62. The molecule has 1 aromatic heterocycles. The van der Waals surface area contributed by atoms with Crippen molar-refractivity contribution in [3.63, 3.8) is 0 Å². The fraction of sp³-hybridized carbons (Fsp3) is 0.286. The predicted molar refractivity (Wildman–Crippen MR) is 117 cm³/mol. The number of nitrogens with one attached hydrogen (secondary N) is 1. The largest absolute Gasteiger partial charge is 0.385 e. The van der Waals surface area contributed by atoms with Crippen LogP contribution < -0.4 is 5.32 Å². The molecular weight excluding hydrogens is 446 g/mol. The molecule has 0 radical (unpaired) electrons. The highest BCUT2D eigenvalue weighted by Crippen LogP contribution is 2.31. The first-order valence-electron chi connectivity index (χ1n) is 9.50. The van der Waals surface area contributed by atoms with Gasteiger partial charge in [-0.1, -0.05) is 35.5 Å². The molecule has 1 heterocycles. The summed E-state index contributed by atoms with van der Waals surface area (Å²) in [4.78, 5) is 12.6. The van der Waals surface area contributed by atoms with Gasteiger partial charge in [0.2, 0.25) is 5.91 Å². The number of anilines is 1. The Labute approximate surface area is 188 Å². The molecule has 164 valence electrons. The van der Waals surface area contributed by atoms with E-state index in [0.717, 1.165) is 35.5 Å². The number of carbonyl (C=O) groups is 1. The highest BCUT2D eigenvalue weighted by molar-refractivity contribution is 8.00. The molecule has 0 fully saturated rings. The minimum atomic E-state index is -0.712. The van der Waals surface area contributed by atoms with Gasteiger partial charge in [-0.3, -0.25) is 4.79 Å². The summed E-state index contributed by atoms with van der Waals surface area (Å²) in [6.07, 6.45) is 0.703. The molecule has 0 bridgehead atoms. The maximum absolute atomic E-state index is 13.8. The van der Waals surface area contributed by atoms with Gasteiger partial charge < -0.3 is 14.6 Å². The third kappa shape index (κ3) is 5.81. The van der Waals surface area contributed by atoms with E-state index in [1.54, 1.807) is 20.1 Å². The van der Waals surface area contributed by atoms with Crippen LogP contribution in [0, 0.1) is 11.6 Å². The van der Waals surface area contributed by atoms with Crippen LogP contribution in [0.25, 0.3) is 11.4 Å². The molecule has 0 saturated heterocycles. The third-order valence-electron chi connectivity index (χ3n) is 4.40. The molecule has 0 aliphatic carbocycles. The number of methoxy groups -OCH3 is 1. The summed E-state index contributed by atoms with van der Waals surface area (Å²) in [5.41, 5.74) is 0.510. The first-order valence-corrected chi connectivity index (χ1v) is 10.8. The number of carbonyl (C=O) groups excluding carboxylic acids is 1. The van der Waals surface area contributed by atoms with Crippen LogP contribution in [0.4, 0.5) is 14.5 Å². The summed E-state index contributed by atoms with van der Waals surface area (Å²) in [5, 5.41) is 11.3. The van der Waals surface area contributed by atoms with Crippen molar-refractivity contribution >= 4 is 35.0 Å². The van der Waals surface area contributed by atoms with Crippen molar-refractivity contribution in [2.24, 2.45) is 0 Å². The van der Waals surface area contributed by atoms with Crippen molar-refractivity contribution in [2.45, 2.75) is 30.3 Å². The number of halogens is 3. The number of hydrogen-bond donors (Lipinski definition) is 1. The van der Waals surface area contributed by atoms with Crippen molar-refractivity contribution in [3.8, 4) is 11.4 Å². The number of benzene rings is 2. The standard InChI is InChI=1S/C21H21ClF2N4O2S/c1-13(20(29)25-18-12-14(23)8-9-17(18)24)31-21-27-26-19(28(21)10-5-11-30-2)15-6-3-4-7-16(15)22/h3-4,6-9,12-13H,5,10-11H2,1-2H3,(H,25,29). The average Bonchev–Trinajstić information content (AvgIpc) is 3.13. The lowest BCUT2D eigenvalue weighted by atomic mass is 10.2. The number of hydrogen-bond acceptors (Lipinski definition) is 5. The Kier molecular flexibility index (Phi) is 8.00. The molecule has 3 rings (SSSR count). The van der Waals surface area contributed by atoms with Crippen LogP contribution in [0.1, 0.15) is 13.3 Å². The number of nitrogens with zero attached hydrogens (tertiary/aromatic N) is 3. The summed E-state index contributed by atoms with van der Waals surface area (Å²) in [6.45, 7) is 2.75. The van der Waals surface area contributed by atoms with Gasteiger partial charge in [-0.15, -0.1) is 10.2 Å². The molecule has 6 nitrogen and oxygen atoms in total. The molecule has 3 aromatic rings. The Morgan fingerprint density at radius 2 is 2.03 bits per heavy atom. The minimum absolute atomic E-state index is 0.212. The average molecular weight is 467 g/mol. The third-order valence-corrected chi connectivity index (χ3v) is 5.81. The van der Waals surface area contributed by atoms with Gasteiger partial charge in [0, 0.05) is 31.9 Å². The van der Waals surface area contributed by atoms with Crippen molar-refractivity contribution in [1.82, 2.24) is 14.8 Å². The lowest BCUT2D eigenvalue weighted by Crippen LogP contribution is -2.23. The Balaban J connectivity index is 1.81. The van der Waals surface area contributed by atoms with Crippen molar-refractivity contribution in [3.05, 3.63) is 59.1 Å². The van der Waals surface area contributed by atoms with Gasteiger partial charge in [0.1, 0.15) is 11.6 Å². The van der Waals surface area contributed by atoms with E-state index in [4.69, 9.17) is 16.3 Å². The topological polar surface area (TPSA) is 69.0 Å². The monoisotopic (exact) mass is 466 g/mol. The van der Waals surface area contributed by atoms with Gasteiger partial charge in [-0.2, -0.15) is 0 Å². The molecular formula is C21H21ClF2N4O2S. The quantitative estimate of drug-likeness (QED) is 0.353. The summed E-state index contributed by atoms with van der Waals surface area (Å²) < 4.78 is 34.2. The molecule has 1 unspecified atom stereocenters. The molecule has 0 saturated carbocycles. The zero-order valence-corrected chi connectivity index (χ0v) is 18.5. The summed E-state index contributed by atoms with van der Waals surface area (Å²) >= 11 is 7.50. The fourth-order valence-electron chi connectivity index (χ4n) is 2.83. The van der Waals surface area contributed by atoms with E-state index in [1.165, 1.54) is 0 Å². The maximum atomic E-state index is 13.8. The van der Waals surface area contributed by atoms with Crippen LogP contribution in [0.5, 0.6) is 0 Å². The molecule has 0 aliphatic heterocycles. The van der Waals surface area contributed by atoms with Crippen LogP contribution in [0.15, 0.2) is 47.6 Å². The van der Waals surface area contributed by atoms with Crippen LogP contribution in [-0.2, 0) is 16.1 Å². The minimum Gasteiger partial charge on any atom is -0.385 e. The Morgan fingerprint density at radius 1 is 1.26 bits per heavy atom. The van der Waals surface area contributed by atoms with Gasteiger partial charge in [-0.25, -0.2) is 8.78 Å². The van der Waals surface area contributed by atoms with Gasteiger partial charge >= 0.3 is 0 Å². The predicted octanol–water partition coefficient (Wildman–Crippen LogP) is 5.03. The van der Waals surface area contributed by atoms with Crippen LogP contribution in [-0.4, -0.2) is 39.6 Å². The Morgan fingerprint density at radius 3 is 2.77 bits per heavy atom. The summed E-state index contributed by atoms with van der Waals surface area (Å²) in [6, 6.07) is 10.2. The van der Waals surface area contributed by atoms with Crippen LogP contribution in [0.3, 0.4) is 0 Å². The van der Waals surface area contributed by atoms with Crippen LogP contribution in [0.2, 0.25) is 5.02 Å². The molecule has 31 heavy (non-hydrogen) atoms.